The van der Waals surface area contributed by atoms with Crippen LogP contribution in [0.2, 0.25) is 0 Å². The van der Waals surface area contributed by atoms with Gasteiger partial charge in [0, 0.05) is 16.2 Å². The molecule has 1 heterocycles. The molecule has 1 aromatic heterocycles. The zero-order chi connectivity index (χ0) is 11.6. The molecule has 0 atom stereocenters. The third-order valence-corrected chi connectivity index (χ3v) is 2.31. The molecule has 0 saturated heterocycles. The molecule has 0 fully saturated rings. The third-order valence-electron chi connectivity index (χ3n) is 1.63. The van der Waals surface area contributed by atoms with Gasteiger partial charge in [0.05, 0.1) is 6.42 Å². The van der Waals surface area contributed by atoms with E-state index in [1.807, 2.05) is 0 Å². The molecule has 1 aromatic rings. The van der Waals surface area contributed by atoms with E-state index in [0.717, 1.165) is 6.20 Å². The lowest BCUT2D eigenvalue weighted by atomic mass is 10.1. The maximum Gasteiger partial charge on any atom is 0.307 e. The molecular weight excluding hydrogens is 279 g/mol. The first-order chi connectivity index (χ1) is 6.93. The van der Waals surface area contributed by atoms with Crippen molar-refractivity contribution in [2.75, 3.05) is 0 Å². The van der Waals surface area contributed by atoms with E-state index in [9.17, 15) is 18.0 Å². The number of hydrogen-bond acceptors (Lipinski definition) is 2. The lowest BCUT2D eigenvalue weighted by Crippen LogP contribution is -2.07. The van der Waals surface area contributed by atoms with E-state index in [1.165, 1.54) is 0 Å². The number of alkyl halides is 2. The van der Waals surface area contributed by atoms with E-state index in [2.05, 4.69) is 20.9 Å². The Morgan fingerprint density at radius 1 is 1.60 bits per heavy atom. The number of aromatic nitrogens is 1. The van der Waals surface area contributed by atoms with E-state index in [4.69, 9.17) is 5.11 Å². The van der Waals surface area contributed by atoms with Gasteiger partial charge in [-0.05, 0) is 15.9 Å². The Kier molecular flexibility index (Phi) is 3.67. The minimum absolute atomic E-state index is 0.0619. The molecule has 0 aliphatic heterocycles. The maximum absolute atomic E-state index is 13.3. The summed E-state index contributed by atoms with van der Waals surface area (Å²) in [6.45, 7) is 0. The number of nitrogens with zero attached hydrogens (tertiary/aromatic N) is 1. The molecule has 0 aliphatic rings. The number of carbonyl (C=O) groups is 1. The predicted molar refractivity (Wildman–Crippen MR) is 48.2 cm³/mol. The Morgan fingerprint density at radius 3 is 2.67 bits per heavy atom. The van der Waals surface area contributed by atoms with E-state index in [-0.39, 0.29) is 10.0 Å². The van der Waals surface area contributed by atoms with Gasteiger partial charge in [0.15, 0.2) is 5.82 Å². The zero-order valence-electron chi connectivity index (χ0n) is 7.18. The topological polar surface area (TPSA) is 50.2 Å². The van der Waals surface area contributed by atoms with Crippen LogP contribution in [0.1, 0.15) is 17.7 Å². The van der Waals surface area contributed by atoms with E-state index < -0.39 is 30.3 Å². The molecule has 0 aromatic carbocycles. The van der Waals surface area contributed by atoms with Crippen LogP contribution in [0.4, 0.5) is 13.2 Å². The van der Waals surface area contributed by atoms with Crippen molar-refractivity contribution in [2.45, 2.75) is 12.8 Å². The second-order valence-electron chi connectivity index (χ2n) is 2.66. The second-order valence-corrected chi connectivity index (χ2v) is 3.51. The van der Waals surface area contributed by atoms with Crippen LogP contribution in [0.5, 0.6) is 0 Å². The summed E-state index contributed by atoms with van der Waals surface area (Å²) in [5.41, 5.74) is -1.36. The largest absolute Gasteiger partial charge is 0.481 e. The van der Waals surface area contributed by atoms with Crippen molar-refractivity contribution in [3.8, 4) is 0 Å². The van der Waals surface area contributed by atoms with Gasteiger partial charge >= 0.3 is 5.97 Å². The van der Waals surface area contributed by atoms with E-state index >= 15 is 0 Å². The van der Waals surface area contributed by atoms with Crippen molar-refractivity contribution >= 4 is 21.9 Å². The minimum Gasteiger partial charge on any atom is -0.481 e. The summed E-state index contributed by atoms with van der Waals surface area (Å²) in [4.78, 5) is 13.5. The highest BCUT2D eigenvalue weighted by molar-refractivity contribution is 9.10. The molecule has 0 bridgehead atoms. The lowest BCUT2D eigenvalue weighted by molar-refractivity contribution is -0.136. The standard InChI is InChI=1S/C8H5BrF3NO2/c9-4-2-13-7(8(11)12)6(10)3(4)1-5(14)15/h2,8H,1H2,(H,14,15). The monoisotopic (exact) mass is 283 g/mol. The highest BCUT2D eigenvalue weighted by Crippen LogP contribution is 2.27. The maximum atomic E-state index is 13.3. The van der Waals surface area contributed by atoms with Gasteiger partial charge in [0.2, 0.25) is 0 Å². The average Bonchev–Trinajstić information content (AvgIpc) is 2.11. The Labute approximate surface area is 91.1 Å². The minimum atomic E-state index is -3.06. The first-order valence-corrected chi connectivity index (χ1v) is 4.55. The second kappa shape index (κ2) is 4.61. The fourth-order valence-electron chi connectivity index (χ4n) is 0.986. The number of halogens is 4. The third kappa shape index (κ3) is 2.68. The van der Waals surface area contributed by atoms with Crippen LogP contribution in [0.15, 0.2) is 10.7 Å². The average molecular weight is 284 g/mol. The molecule has 0 radical (unpaired) electrons. The van der Waals surface area contributed by atoms with Gasteiger partial charge in [-0.1, -0.05) is 0 Å². The number of rotatable bonds is 3. The molecule has 1 N–H and O–H groups in total. The molecule has 0 saturated carbocycles. The van der Waals surface area contributed by atoms with Crippen molar-refractivity contribution in [1.29, 1.82) is 0 Å². The molecular formula is C8H5BrF3NO2. The van der Waals surface area contributed by atoms with Gasteiger partial charge in [-0.25, -0.2) is 13.2 Å². The van der Waals surface area contributed by atoms with Crippen LogP contribution in [0.25, 0.3) is 0 Å². The number of hydrogen-bond donors (Lipinski definition) is 1. The summed E-state index contributed by atoms with van der Waals surface area (Å²) in [6.07, 6.45) is -2.78. The zero-order valence-corrected chi connectivity index (χ0v) is 8.76. The van der Waals surface area contributed by atoms with Crippen LogP contribution in [-0.2, 0) is 11.2 Å². The number of carboxylic acid groups (broad SMARTS) is 1. The van der Waals surface area contributed by atoms with Crippen LogP contribution < -0.4 is 0 Å². The van der Waals surface area contributed by atoms with Crippen LogP contribution in [0.3, 0.4) is 0 Å². The van der Waals surface area contributed by atoms with Crippen LogP contribution in [0, 0.1) is 5.82 Å². The van der Waals surface area contributed by atoms with Gasteiger partial charge in [0.25, 0.3) is 6.43 Å². The lowest BCUT2D eigenvalue weighted by Gasteiger charge is -2.07. The molecule has 82 valence electrons. The molecule has 0 amide bonds. The highest BCUT2D eigenvalue weighted by Gasteiger charge is 2.21. The molecule has 15 heavy (non-hydrogen) atoms. The Bertz CT molecular complexity index is 398. The van der Waals surface area contributed by atoms with Gasteiger partial charge < -0.3 is 5.11 Å². The highest BCUT2D eigenvalue weighted by atomic mass is 79.9. The smallest absolute Gasteiger partial charge is 0.307 e. The summed E-state index contributed by atoms with van der Waals surface area (Å²) in [7, 11) is 0. The summed E-state index contributed by atoms with van der Waals surface area (Å²) in [5.74, 6) is -2.58. The Hall–Kier alpha value is -1.11. The quantitative estimate of drug-likeness (QED) is 0.928. The predicted octanol–water partition coefficient (Wildman–Crippen LogP) is 2.55. The van der Waals surface area contributed by atoms with Crippen molar-refractivity contribution in [1.82, 2.24) is 4.98 Å². The molecule has 3 nitrogen and oxygen atoms in total. The number of carboxylic acids is 1. The van der Waals surface area contributed by atoms with Gasteiger partial charge in [-0.2, -0.15) is 0 Å². The fourth-order valence-corrected chi connectivity index (χ4v) is 1.40. The van der Waals surface area contributed by atoms with Crippen molar-refractivity contribution < 1.29 is 23.1 Å². The van der Waals surface area contributed by atoms with Crippen molar-refractivity contribution in [3.05, 3.63) is 27.7 Å². The van der Waals surface area contributed by atoms with Crippen molar-refractivity contribution in [2.24, 2.45) is 0 Å². The normalized spacial score (nSPS) is 10.7. The van der Waals surface area contributed by atoms with Gasteiger partial charge in [0.1, 0.15) is 5.69 Å². The fraction of sp³-hybridized carbons (Fsp3) is 0.250. The Morgan fingerprint density at radius 2 is 2.20 bits per heavy atom. The first-order valence-electron chi connectivity index (χ1n) is 3.76. The summed E-state index contributed by atoms with van der Waals surface area (Å²) < 4.78 is 37.8. The molecule has 0 spiro atoms. The first kappa shape index (κ1) is 12.0. The van der Waals surface area contributed by atoms with Gasteiger partial charge in [-0.3, -0.25) is 9.78 Å². The SMILES string of the molecule is O=C(O)Cc1c(Br)cnc(C(F)F)c1F. The number of pyridine rings is 1. The summed E-state index contributed by atoms with van der Waals surface area (Å²) in [5, 5.41) is 8.45. The van der Waals surface area contributed by atoms with E-state index in [0.29, 0.717) is 0 Å². The molecule has 0 aliphatic carbocycles. The van der Waals surface area contributed by atoms with E-state index in [1.54, 1.807) is 0 Å². The summed E-state index contributed by atoms with van der Waals surface area (Å²) >= 11 is 2.85. The molecule has 1 rings (SSSR count). The molecule has 7 heteroatoms. The van der Waals surface area contributed by atoms with Crippen molar-refractivity contribution in [3.63, 3.8) is 0 Å². The molecule has 0 unspecified atom stereocenters. The van der Waals surface area contributed by atoms with Crippen LogP contribution >= 0.6 is 15.9 Å². The van der Waals surface area contributed by atoms with Crippen LogP contribution in [-0.4, -0.2) is 16.1 Å². The summed E-state index contributed by atoms with van der Waals surface area (Å²) in [6, 6.07) is 0. The van der Waals surface area contributed by atoms with Gasteiger partial charge in [-0.15, -0.1) is 0 Å². The number of aliphatic carboxylic acids is 1. The Balaban J connectivity index is 3.23.